The summed E-state index contributed by atoms with van der Waals surface area (Å²) in [5.74, 6) is -6.10. The van der Waals surface area contributed by atoms with Crippen molar-refractivity contribution in [3.63, 3.8) is 0 Å². The molecule has 90 heavy (non-hydrogen) atoms. The van der Waals surface area contributed by atoms with Crippen LogP contribution in [0.3, 0.4) is 0 Å². The second-order valence-corrected chi connectivity index (χ2v) is 25.7. The predicted octanol–water partition coefficient (Wildman–Crippen LogP) is 6.29. The summed E-state index contributed by atoms with van der Waals surface area (Å²) < 4.78 is 34.8. The first-order chi connectivity index (χ1) is 43.4. The normalized spacial score (nSPS) is 28.6. The Hall–Kier alpha value is -2.53. The molecule has 0 aromatic carbocycles. The molecule has 528 valence electrons. The maximum atomic E-state index is 13.4. The van der Waals surface area contributed by atoms with E-state index in [0.717, 1.165) is 64.7 Å². The molecule has 0 radical (unpaired) electrons. The van der Waals surface area contributed by atoms with Crippen LogP contribution >= 0.6 is 0 Å². The fourth-order valence-electron chi connectivity index (χ4n) is 12.4. The predicted molar refractivity (Wildman–Crippen MR) is 338 cm³/mol. The summed E-state index contributed by atoms with van der Waals surface area (Å²) in [6.07, 6.45) is 16.8. The van der Waals surface area contributed by atoms with Crippen molar-refractivity contribution in [2.24, 2.45) is 0 Å². The van der Waals surface area contributed by atoms with Gasteiger partial charge in [-0.2, -0.15) is 0 Å². The number of unbranched alkanes of at least 4 members (excludes halogenated alkanes) is 31. The molecule has 0 bridgehead atoms. The van der Waals surface area contributed by atoms with Crippen molar-refractivity contribution in [2.75, 3.05) is 26.4 Å². The smallest absolute Gasteiger partial charge is 0.364 e. The zero-order valence-electron chi connectivity index (χ0n) is 55.0. The third kappa shape index (κ3) is 30.5. The van der Waals surface area contributed by atoms with Crippen molar-refractivity contribution in [3.05, 3.63) is 12.2 Å². The van der Waals surface area contributed by atoms with Gasteiger partial charge in [-0.1, -0.05) is 212 Å². The summed E-state index contributed by atoms with van der Waals surface area (Å²) >= 11 is 0. The van der Waals surface area contributed by atoms with Gasteiger partial charge < -0.3 is 100 Å². The van der Waals surface area contributed by atoms with Crippen LogP contribution in [0.25, 0.3) is 0 Å². The Morgan fingerprint density at radius 1 is 0.567 bits per heavy atom. The second kappa shape index (κ2) is 48.2. The average Bonchev–Trinajstić information content (AvgIpc) is 1.40. The number of hydrogen-bond acceptors (Lipinski definition) is 20. The van der Waals surface area contributed by atoms with E-state index in [1.165, 1.54) is 148 Å². The first-order valence-electron chi connectivity index (χ1n) is 35.0. The largest absolute Gasteiger partial charge is 0.477 e. The molecule has 23 nitrogen and oxygen atoms in total. The van der Waals surface area contributed by atoms with E-state index in [2.05, 4.69) is 36.6 Å². The summed E-state index contributed by atoms with van der Waals surface area (Å²) in [4.78, 5) is 38.5. The summed E-state index contributed by atoms with van der Waals surface area (Å²) in [6.45, 7) is 2.18. The minimum atomic E-state index is -3.08. The number of nitrogens with one attached hydrogen (secondary N) is 2. The maximum Gasteiger partial charge on any atom is 0.364 e. The van der Waals surface area contributed by atoms with E-state index in [9.17, 15) is 75.7 Å². The third-order valence-corrected chi connectivity index (χ3v) is 18.0. The minimum absolute atomic E-state index is 0.223. The minimum Gasteiger partial charge on any atom is -0.477 e. The van der Waals surface area contributed by atoms with Gasteiger partial charge in [0.25, 0.3) is 5.79 Å². The number of amides is 2. The average molecular weight is 1290 g/mol. The zero-order chi connectivity index (χ0) is 66.1. The maximum absolute atomic E-state index is 13.4. The van der Waals surface area contributed by atoms with Crippen LogP contribution in [0.4, 0.5) is 0 Å². The molecule has 2 amide bonds. The van der Waals surface area contributed by atoms with Crippen molar-refractivity contribution in [3.8, 4) is 0 Å². The van der Waals surface area contributed by atoms with Crippen LogP contribution in [0.15, 0.2) is 12.2 Å². The quantitative estimate of drug-likeness (QED) is 0.0235. The number of rotatable bonds is 53. The van der Waals surface area contributed by atoms with E-state index < -0.39 is 148 Å². The van der Waals surface area contributed by atoms with Gasteiger partial charge in [-0.05, 0) is 38.5 Å². The van der Waals surface area contributed by atoms with Gasteiger partial charge in [-0.15, -0.1) is 0 Å². The number of allylic oxidation sites excluding steroid dienone is 2. The van der Waals surface area contributed by atoms with Crippen molar-refractivity contribution < 1.29 is 104 Å². The van der Waals surface area contributed by atoms with Crippen LogP contribution in [-0.2, 0) is 42.8 Å². The third-order valence-electron chi connectivity index (χ3n) is 18.0. The topological polar surface area (TPSA) is 373 Å². The van der Waals surface area contributed by atoms with E-state index in [1.54, 1.807) is 0 Å². The number of carboxylic acids is 1. The van der Waals surface area contributed by atoms with E-state index in [4.69, 9.17) is 28.4 Å². The number of carboxylic acid groups (broad SMARTS) is 1. The molecule has 3 saturated heterocycles. The van der Waals surface area contributed by atoms with Crippen LogP contribution in [-0.4, -0.2) is 215 Å². The number of aliphatic carboxylic acids is 1. The lowest BCUT2D eigenvalue weighted by atomic mass is 9.88. The van der Waals surface area contributed by atoms with Crippen LogP contribution in [0.5, 0.6) is 0 Å². The number of ether oxygens (including phenoxy) is 6. The highest BCUT2D eigenvalue weighted by Gasteiger charge is 2.60. The van der Waals surface area contributed by atoms with Gasteiger partial charge >= 0.3 is 5.97 Å². The first kappa shape index (κ1) is 81.7. The molecule has 0 saturated carbocycles. The highest BCUT2D eigenvalue weighted by molar-refractivity contribution is 5.77. The van der Waals surface area contributed by atoms with E-state index in [1.807, 2.05) is 0 Å². The van der Waals surface area contributed by atoms with Gasteiger partial charge in [0.1, 0.15) is 67.1 Å². The first-order valence-corrected chi connectivity index (χ1v) is 35.0. The Kier molecular flexibility index (Phi) is 43.8. The summed E-state index contributed by atoms with van der Waals surface area (Å²) in [7, 11) is 0. The molecule has 0 spiro atoms. The molecule has 3 fully saturated rings. The Morgan fingerprint density at radius 2 is 1.03 bits per heavy atom. The second-order valence-electron chi connectivity index (χ2n) is 25.7. The molecule has 3 rings (SSSR count). The number of aliphatic hydroxyl groups is 11. The molecule has 18 atom stereocenters. The molecular formula is C67H124N2O21. The van der Waals surface area contributed by atoms with Crippen molar-refractivity contribution in [1.82, 2.24) is 10.6 Å². The van der Waals surface area contributed by atoms with E-state index in [0.29, 0.717) is 19.3 Å². The molecular weight excluding hydrogens is 1170 g/mol. The molecule has 3 aliphatic heterocycles. The van der Waals surface area contributed by atoms with Crippen molar-refractivity contribution in [2.45, 2.75) is 368 Å². The monoisotopic (exact) mass is 1290 g/mol. The van der Waals surface area contributed by atoms with Gasteiger partial charge in [-0.3, -0.25) is 9.59 Å². The van der Waals surface area contributed by atoms with Crippen molar-refractivity contribution in [1.29, 1.82) is 0 Å². The fraction of sp³-hybridized carbons (Fsp3) is 0.925. The lowest BCUT2D eigenvalue weighted by Crippen LogP contribution is -2.70. The van der Waals surface area contributed by atoms with Gasteiger partial charge in [-0.25, -0.2) is 4.79 Å². The molecule has 18 unspecified atom stereocenters. The Bertz CT molecular complexity index is 1870. The summed E-state index contributed by atoms with van der Waals surface area (Å²) in [5.41, 5.74) is 0. The Labute approximate surface area is 537 Å². The standard InChI is InChI=1S/C67H124N2O21/c1-4-6-8-10-12-14-16-17-18-19-20-21-22-23-24-25-26-27-28-29-30-31-33-35-37-39-41-54(77)69-48(49(74)40-38-36-34-32-15-13-11-9-7-5-2)46-85-64-59(81)58(80)61(53(45-72)87-64)88-65-60(82)63(57(79)52(44-71)86-65)90-67(66(83)84)42-50(75)55(68-47(3)73)62(89-67)56(78)51(76)43-70/h23-24,48-53,55-65,70-72,74-76,78-82H,4-22,25-46H2,1-3H3,(H,68,73)(H,69,77)(H,83,84)/b24-23-. The zero-order valence-corrected chi connectivity index (χ0v) is 55.0. The molecule has 0 aromatic rings. The SMILES string of the molecule is CCCCCCCCCCCCCC/C=C\CCCCCCCCCCCCC(=O)NC(COC1OC(CO)C(OC2OC(CO)C(O)C(OC3(C(=O)O)CC(O)C(NC(C)=O)C(C(O)C(O)CO)O3)C2O)C(O)C1O)C(O)CCCCCCCCCCCC. The van der Waals surface area contributed by atoms with Gasteiger partial charge in [0.15, 0.2) is 12.6 Å². The Morgan fingerprint density at radius 3 is 1.50 bits per heavy atom. The molecule has 3 heterocycles. The van der Waals surface area contributed by atoms with Crippen molar-refractivity contribution >= 4 is 17.8 Å². The lowest BCUT2D eigenvalue weighted by molar-refractivity contribution is -0.386. The lowest BCUT2D eigenvalue weighted by Gasteiger charge is -2.50. The highest BCUT2D eigenvalue weighted by atomic mass is 16.8. The van der Waals surface area contributed by atoms with Crippen LogP contribution in [0, 0.1) is 0 Å². The van der Waals surface area contributed by atoms with E-state index in [-0.39, 0.29) is 18.9 Å². The Balaban J connectivity index is 1.52. The van der Waals surface area contributed by atoms with Crippen LogP contribution in [0.2, 0.25) is 0 Å². The number of carbonyl (C=O) groups excluding carboxylic acids is 2. The number of aliphatic hydroxyl groups excluding tert-OH is 11. The van der Waals surface area contributed by atoms with Crippen LogP contribution < -0.4 is 10.6 Å². The van der Waals surface area contributed by atoms with Gasteiger partial charge in [0.2, 0.25) is 11.8 Å². The van der Waals surface area contributed by atoms with Gasteiger partial charge in [0.05, 0.1) is 50.7 Å². The molecule has 14 N–H and O–H groups in total. The number of hydrogen-bond donors (Lipinski definition) is 14. The molecule has 0 aliphatic carbocycles. The molecule has 0 aromatic heterocycles. The van der Waals surface area contributed by atoms with E-state index >= 15 is 0 Å². The summed E-state index contributed by atoms with van der Waals surface area (Å²) in [6, 6.07) is -2.53. The fourth-order valence-corrected chi connectivity index (χ4v) is 12.4. The van der Waals surface area contributed by atoms with Gasteiger partial charge in [0, 0.05) is 19.8 Å². The van der Waals surface area contributed by atoms with Crippen LogP contribution in [0.1, 0.15) is 258 Å². The highest BCUT2D eigenvalue weighted by Crippen LogP contribution is 2.39. The molecule has 3 aliphatic rings. The summed E-state index contributed by atoms with van der Waals surface area (Å²) in [5, 5.41) is 136. The number of carbonyl (C=O) groups is 3. The molecule has 23 heteroatoms.